The standard InChI is InChI=1S/C19H21ClN2O4/c1-22(2)16(13-3-8-17-18(9-13)26-12-25-17)10-21-19(23)11-24-15-6-4-14(20)5-7-15/h3-9,16H,10-12H2,1-2H3,(H,21,23). The molecule has 1 aliphatic heterocycles. The molecule has 0 bridgehead atoms. The number of rotatable bonds is 7. The number of carbonyl (C=O) groups is 1. The van der Waals surface area contributed by atoms with Crippen LogP contribution < -0.4 is 19.5 Å². The number of nitrogens with one attached hydrogen (secondary N) is 1. The lowest BCUT2D eigenvalue weighted by atomic mass is 10.1. The van der Waals surface area contributed by atoms with Gasteiger partial charge in [0.1, 0.15) is 5.75 Å². The first-order valence-corrected chi connectivity index (χ1v) is 8.62. The van der Waals surface area contributed by atoms with Crippen molar-refractivity contribution in [2.45, 2.75) is 6.04 Å². The first-order chi connectivity index (χ1) is 12.5. The molecule has 0 saturated heterocycles. The van der Waals surface area contributed by atoms with Crippen LogP contribution in [0.25, 0.3) is 0 Å². The number of fused-ring (bicyclic) bond motifs is 1. The largest absolute Gasteiger partial charge is 0.484 e. The second-order valence-electron chi connectivity index (χ2n) is 6.14. The van der Waals surface area contributed by atoms with Crippen LogP contribution in [0.3, 0.4) is 0 Å². The van der Waals surface area contributed by atoms with Crippen LogP contribution in [0.2, 0.25) is 5.02 Å². The van der Waals surface area contributed by atoms with Crippen LogP contribution in [0.4, 0.5) is 0 Å². The number of hydrogen-bond donors (Lipinski definition) is 1. The molecule has 2 aromatic rings. The Bertz CT molecular complexity index is 765. The van der Waals surface area contributed by atoms with E-state index in [1.807, 2.05) is 37.2 Å². The van der Waals surface area contributed by atoms with Crippen molar-refractivity contribution in [1.82, 2.24) is 10.2 Å². The number of hydrogen-bond acceptors (Lipinski definition) is 5. The van der Waals surface area contributed by atoms with E-state index in [-0.39, 0.29) is 25.3 Å². The van der Waals surface area contributed by atoms with Crippen LogP contribution in [0, 0.1) is 0 Å². The Morgan fingerprint density at radius 3 is 2.65 bits per heavy atom. The molecule has 7 heteroatoms. The van der Waals surface area contributed by atoms with Crippen LogP contribution in [0.15, 0.2) is 42.5 Å². The fourth-order valence-electron chi connectivity index (χ4n) is 2.66. The maximum atomic E-state index is 12.1. The number of nitrogens with zero attached hydrogens (tertiary/aromatic N) is 1. The highest BCUT2D eigenvalue weighted by molar-refractivity contribution is 6.30. The third-order valence-corrected chi connectivity index (χ3v) is 4.33. The molecule has 1 amide bonds. The van der Waals surface area contributed by atoms with Gasteiger partial charge in [-0.1, -0.05) is 17.7 Å². The Morgan fingerprint density at radius 1 is 1.19 bits per heavy atom. The van der Waals surface area contributed by atoms with Crippen molar-refractivity contribution in [3.05, 3.63) is 53.1 Å². The third kappa shape index (κ3) is 4.59. The van der Waals surface area contributed by atoms with Gasteiger partial charge in [0.05, 0.1) is 6.04 Å². The molecule has 2 aromatic carbocycles. The maximum Gasteiger partial charge on any atom is 0.258 e. The van der Waals surface area contributed by atoms with E-state index in [2.05, 4.69) is 5.32 Å². The lowest BCUT2D eigenvalue weighted by Crippen LogP contribution is -2.36. The zero-order valence-electron chi connectivity index (χ0n) is 14.7. The van der Waals surface area contributed by atoms with Gasteiger partial charge in [0.15, 0.2) is 18.1 Å². The first-order valence-electron chi connectivity index (χ1n) is 8.24. The summed E-state index contributed by atoms with van der Waals surface area (Å²) < 4.78 is 16.2. The van der Waals surface area contributed by atoms with Crippen molar-refractivity contribution in [2.75, 3.05) is 34.0 Å². The Hall–Kier alpha value is -2.44. The summed E-state index contributed by atoms with van der Waals surface area (Å²) in [7, 11) is 3.93. The zero-order valence-corrected chi connectivity index (χ0v) is 15.5. The predicted octanol–water partition coefficient (Wildman–Crippen LogP) is 2.87. The van der Waals surface area contributed by atoms with Crippen LogP contribution in [0.1, 0.15) is 11.6 Å². The molecule has 1 unspecified atom stereocenters. The highest BCUT2D eigenvalue weighted by Crippen LogP contribution is 2.34. The average Bonchev–Trinajstić information content (AvgIpc) is 3.09. The number of carbonyl (C=O) groups excluding carboxylic acids is 1. The fraction of sp³-hybridized carbons (Fsp3) is 0.316. The highest BCUT2D eigenvalue weighted by atomic mass is 35.5. The summed E-state index contributed by atoms with van der Waals surface area (Å²) in [4.78, 5) is 14.1. The van der Waals surface area contributed by atoms with Gasteiger partial charge in [-0.05, 0) is 56.1 Å². The molecule has 138 valence electrons. The minimum atomic E-state index is -0.187. The fourth-order valence-corrected chi connectivity index (χ4v) is 2.79. The van der Waals surface area contributed by atoms with Gasteiger partial charge in [0.25, 0.3) is 5.91 Å². The third-order valence-electron chi connectivity index (χ3n) is 4.08. The van der Waals surface area contributed by atoms with Crippen molar-refractivity contribution < 1.29 is 19.0 Å². The molecule has 0 radical (unpaired) electrons. The van der Waals surface area contributed by atoms with Crippen molar-refractivity contribution in [3.8, 4) is 17.2 Å². The Morgan fingerprint density at radius 2 is 1.92 bits per heavy atom. The zero-order chi connectivity index (χ0) is 18.5. The lowest BCUT2D eigenvalue weighted by molar-refractivity contribution is -0.123. The predicted molar refractivity (Wildman–Crippen MR) is 98.9 cm³/mol. The molecule has 1 aliphatic rings. The van der Waals surface area contributed by atoms with Crippen molar-refractivity contribution in [1.29, 1.82) is 0 Å². The number of halogens is 1. The topological polar surface area (TPSA) is 60.0 Å². The van der Waals surface area contributed by atoms with Gasteiger partial charge in [0.2, 0.25) is 6.79 Å². The molecule has 0 aliphatic carbocycles. The minimum Gasteiger partial charge on any atom is -0.484 e. The second kappa shape index (κ2) is 8.29. The molecule has 0 spiro atoms. The number of benzene rings is 2. The van der Waals surface area contributed by atoms with E-state index in [0.29, 0.717) is 17.3 Å². The van der Waals surface area contributed by atoms with Gasteiger partial charge in [-0.2, -0.15) is 0 Å². The molecule has 1 heterocycles. The van der Waals surface area contributed by atoms with Crippen molar-refractivity contribution >= 4 is 17.5 Å². The van der Waals surface area contributed by atoms with Crippen LogP contribution in [0.5, 0.6) is 17.2 Å². The van der Waals surface area contributed by atoms with Gasteiger partial charge in [-0.25, -0.2) is 0 Å². The number of amides is 1. The molecule has 3 rings (SSSR count). The van der Waals surface area contributed by atoms with Gasteiger partial charge in [0, 0.05) is 11.6 Å². The van der Waals surface area contributed by atoms with E-state index in [1.54, 1.807) is 24.3 Å². The van der Waals surface area contributed by atoms with E-state index in [9.17, 15) is 4.79 Å². The molecule has 1 atom stereocenters. The number of ether oxygens (including phenoxy) is 3. The monoisotopic (exact) mass is 376 g/mol. The van der Waals surface area contributed by atoms with Gasteiger partial charge >= 0.3 is 0 Å². The maximum absolute atomic E-state index is 12.1. The summed E-state index contributed by atoms with van der Waals surface area (Å²) in [5.74, 6) is 1.88. The van der Waals surface area contributed by atoms with E-state index < -0.39 is 0 Å². The quantitative estimate of drug-likeness (QED) is 0.805. The molecular weight excluding hydrogens is 356 g/mol. The van der Waals surface area contributed by atoms with E-state index in [4.69, 9.17) is 25.8 Å². The van der Waals surface area contributed by atoms with E-state index in [1.165, 1.54) is 0 Å². The summed E-state index contributed by atoms with van der Waals surface area (Å²) in [6.45, 7) is 0.641. The molecule has 6 nitrogen and oxygen atoms in total. The number of likely N-dealkylation sites (N-methyl/N-ethyl adjacent to an activating group) is 1. The van der Waals surface area contributed by atoms with E-state index >= 15 is 0 Å². The minimum absolute atomic E-state index is 0.00369. The molecule has 0 fully saturated rings. The molecule has 26 heavy (non-hydrogen) atoms. The summed E-state index contributed by atoms with van der Waals surface area (Å²) in [5, 5.41) is 3.53. The normalized spacial score (nSPS) is 13.5. The molecule has 0 aromatic heterocycles. The summed E-state index contributed by atoms with van der Waals surface area (Å²) >= 11 is 5.83. The molecule has 0 saturated carbocycles. The molecule has 1 N–H and O–H groups in total. The second-order valence-corrected chi connectivity index (χ2v) is 6.58. The van der Waals surface area contributed by atoms with Gasteiger partial charge in [-0.3, -0.25) is 4.79 Å². The first kappa shape index (κ1) is 18.4. The highest BCUT2D eigenvalue weighted by Gasteiger charge is 2.20. The smallest absolute Gasteiger partial charge is 0.258 e. The average molecular weight is 377 g/mol. The van der Waals surface area contributed by atoms with Gasteiger partial charge in [-0.15, -0.1) is 0 Å². The van der Waals surface area contributed by atoms with Crippen molar-refractivity contribution in [3.63, 3.8) is 0 Å². The van der Waals surface area contributed by atoms with Crippen LogP contribution in [-0.2, 0) is 4.79 Å². The Balaban J connectivity index is 1.55. The Labute approximate surface area is 157 Å². The summed E-state index contributed by atoms with van der Waals surface area (Å²) in [6, 6.07) is 12.7. The lowest BCUT2D eigenvalue weighted by Gasteiger charge is -2.25. The Kier molecular flexibility index (Phi) is 5.85. The van der Waals surface area contributed by atoms with Gasteiger partial charge < -0.3 is 24.4 Å². The van der Waals surface area contributed by atoms with E-state index in [0.717, 1.165) is 17.1 Å². The van der Waals surface area contributed by atoms with Crippen LogP contribution >= 0.6 is 11.6 Å². The van der Waals surface area contributed by atoms with Crippen molar-refractivity contribution in [2.24, 2.45) is 0 Å². The SMILES string of the molecule is CN(C)C(CNC(=O)COc1ccc(Cl)cc1)c1ccc2c(c1)OCO2. The molecular formula is C19H21ClN2O4. The summed E-state index contributed by atoms with van der Waals surface area (Å²) in [6.07, 6.45) is 0. The van der Waals surface area contributed by atoms with Crippen LogP contribution in [-0.4, -0.2) is 44.8 Å². The summed E-state index contributed by atoms with van der Waals surface area (Å²) in [5.41, 5.74) is 1.04.